The summed E-state index contributed by atoms with van der Waals surface area (Å²) in [6.45, 7) is 7.68. The number of allylic oxidation sites excluding steroid dienone is 1. The number of halogens is 1. The van der Waals surface area contributed by atoms with Gasteiger partial charge in [-0.05, 0) is 37.5 Å². The molecule has 1 aliphatic heterocycles. The van der Waals surface area contributed by atoms with Crippen LogP contribution in [0.15, 0.2) is 12.2 Å². The molecule has 0 radical (unpaired) electrons. The van der Waals surface area contributed by atoms with Crippen LogP contribution in [0.1, 0.15) is 45.4 Å². The Bertz CT molecular complexity index is 363. The predicted octanol–water partition coefficient (Wildman–Crippen LogP) is 3.70. The van der Waals surface area contributed by atoms with Crippen molar-refractivity contribution in [2.45, 2.75) is 51.7 Å². The Balaban J connectivity index is 1.99. The van der Waals surface area contributed by atoms with Crippen LogP contribution < -0.4 is 0 Å². The van der Waals surface area contributed by atoms with Gasteiger partial charge in [0.15, 0.2) is 6.29 Å². The first kappa shape index (κ1) is 16.0. The first-order valence-corrected chi connectivity index (χ1v) is 8.11. The molecular formula is C16H25ClO3. The van der Waals surface area contributed by atoms with Gasteiger partial charge >= 0.3 is 0 Å². The third-order valence-corrected chi connectivity index (χ3v) is 5.11. The molecule has 2 aliphatic rings. The Hall–Kier alpha value is -0.380. The van der Waals surface area contributed by atoms with E-state index in [0.29, 0.717) is 18.1 Å². The molecule has 0 aromatic heterocycles. The molecule has 1 aliphatic carbocycles. The molecular weight excluding hydrogens is 276 g/mol. The second kappa shape index (κ2) is 7.06. The fourth-order valence-electron chi connectivity index (χ4n) is 3.18. The maximum Gasteiger partial charge on any atom is 0.157 e. The van der Waals surface area contributed by atoms with Gasteiger partial charge < -0.3 is 9.47 Å². The van der Waals surface area contributed by atoms with E-state index in [0.717, 1.165) is 50.9 Å². The van der Waals surface area contributed by atoms with Crippen LogP contribution in [0.25, 0.3) is 0 Å². The van der Waals surface area contributed by atoms with E-state index in [-0.39, 0.29) is 17.6 Å². The Morgan fingerprint density at radius 2 is 2.15 bits per heavy atom. The van der Waals surface area contributed by atoms with Crippen molar-refractivity contribution in [3.05, 3.63) is 12.2 Å². The van der Waals surface area contributed by atoms with Gasteiger partial charge in [0.2, 0.25) is 0 Å². The summed E-state index contributed by atoms with van der Waals surface area (Å²) in [6, 6.07) is 0. The molecule has 1 saturated heterocycles. The highest BCUT2D eigenvalue weighted by atomic mass is 35.5. The molecule has 0 aromatic carbocycles. The fourth-order valence-corrected chi connectivity index (χ4v) is 3.46. The van der Waals surface area contributed by atoms with Crippen LogP contribution in [0.4, 0.5) is 0 Å². The van der Waals surface area contributed by atoms with E-state index < -0.39 is 0 Å². The summed E-state index contributed by atoms with van der Waals surface area (Å²) in [6.07, 6.45) is 5.04. The third-order valence-electron chi connectivity index (χ3n) is 4.78. The zero-order chi connectivity index (χ0) is 14.6. The Morgan fingerprint density at radius 1 is 1.45 bits per heavy atom. The monoisotopic (exact) mass is 300 g/mol. The molecule has 1 heterocycles. The minimum absolute atomic E-state index is 0.127. The van der Waals surface area contributed by atoms with Crippen molar-refractivity contribution in [3.8, 4) is 0 Å². The highest BCUT2D eigenvalue weighted by molar-refractivity contribution is 6.19. The van der Waals surface area contributed by atoms with Crippen molar-refractivity contribution in [2.75, 3.05) is 19.1 Å². The lowest BCUT2D eigenvalue weighted by Gasteiger charge is -2.41. The van der Waals surface area contributed by atoms with E-state index >= 15 is 0 Å². The molecule has 20 heavy (non-hydrogen) atoms. The fraction of sp³-hybridized carbons (Fsp3) is 0.812. The summed E-state index contributed by atoms with van der Waals surface area (Å²) >= 11 is 6.01. The van der Waals surface area contributed by atoms with E-state index in [1.807, 2.05) is 6.92 Å². The number of carbonyl (C=O) groups excluding carboxylic acids is 1. The lowest BCUT2D eigenvalue weighted by atomic mass is 9.64. The number of hydrogen-bond donors (Lipinski definition) is 0. The lowest BCUT2D eigenvalue weighted by molar-refractivity contribution is -0.184. The van der Waals surface area contributed by atoms with Gasteiger partial charge in [-0.3, -0.25) is 4.79 Å². The third kappa shape index (κ3) is 3.63. The van der Waals surface area contributed by atoms with E-state index in [9.17, 15) is 4.79 Å². The van der Waals surface area contributed by atoms with E-state index in [2.05, 4.69) is 6.58 Å². The standard InChI is InChI=1S/C16H25ClO3/c1-12-4-6-16(10-14(12)18,13(2)11-17)7-5-15-19-8-3-9-20-15/h12,15H,2-11H2,1H3/t12-,16-/m1/s1. The number of ether oxygens (including phenoxy) is 2. The minimum Gasteiger partial charge on any atom is -0.353 e. The first-order chi connectivity index (χ1) is 9.57. The van der Waals surface area contributed by atoms with E-state index in [1.54, 1.807) is 0 Å². The summed E-state index contributed by atoms with van der Waals surface area (Å²) < 4.78 is 11.2. The Labute approximate surface area is 126 Å². The van der Waals surface area contributed by atoms with Gasteiger partial charge in [0, 0.05) is 18.2 Å². The molecule has 3 nitrogen and oxygen atoms in total. The van der Waals surface area contributed by atoms with Crippen molar-refractivity contribution in [1.82, 2.24) is 0 Å². The molecule has 0 N–H and O–H groups in total. The van der Waals surface area contributed by atoms with Gasteiger partial charge in [0.25, 0.3) is 0 Å². The highest BCUT2D eigenvalue weighted by Crippen LogP contribution is 2.46. The van der Waals surface area contributed by atoms with Crippen LogP contribution in [-0.2, 0) is 14.3 Å². The summed E-state index contributed by atoms with van der Waals surface area (Å²) in [5, 5.41) is 0. The summed E-state index contributed by atoms with van der Waals surface area (Å²) in [4.78, 5) is 12.1. The molecule has 2 atom stereocenters. The van der Waals surface area contributed by atoms with Gasteiger partial charge in [-0.1, -0.05) is 19.1 Å². The highest BCUT2D eigenvalue weighted by Gasteiger charge is 2.40. The number of hydrogen-bond acceptors (Lipinski definition) is 3. The number of rotatable bonds is 5. The van der Waals surface area contributed by atoms with Gasteiger partial charge in [-0.15, -0.1) is 11.6 Å². The van der Waals surface area contributed by atoms with Crippen molar-refractivity contribution < 1.29 is 14.3 Å². The maximum absolute atomic E-state index is 12.1. The lowest BCUT2D eigenvalue weighted by Crippen LogP contribution is -2.36. The molecule has 0 unspecified atom stereocenters. The molecule has 0 bridgehead atoms. The molecule has 0 spiro atoms. The molecule has 114 valence electrons. The first-order valence-electron chi connectivity index (χ1n) is 7.57. The van der Waals surface area contributed by atoms with Crippen molar-refractivity contribution in [3.63, 3.8) is 0 Å². The summed E-state index contributed by atoms with van der Waals surface area (Å²) in [5.41, 5.74) is 0.852. The quantitative estimate of drug-likeness (QED) is 0.574. The van der Waals surface area contributed by atoms with Crippen LogP contribution in [0, 0.1) is 11.3 Å². The smallest absolute Gasteiger partial charge is 0.157 e. The van der Waals surface area contributed by atoms with Gasteiger partial charge in [0.1, 0.15) is 5.78 Å². The Morgan fingerprint density at radius 3 is 2.75 bits per heavy atom. The van der Waals surface area contributed by atoms with Crippen molar-refractivity contribution >= 4 is 17.4 Å². The van der Waals surface area contributed by atoms with Crippen LogP contribution in [0.5, 0.6) is 0 Å². The zero-order valence-corrected chi connectivity index (χ0v) is 13.1. The number of ketones is 1. The van der Waals surface area contributed by atoms with Crippen LogP contribution in [0.3, 0.4) is 0 Å². The van der Waals surface area contributed by atoms with E-state index in [4.69, 9.17) is 21.1 Å². The molecule has 2 fully saturated rings. The predicted molar refractivity (Wildman–Crippen MR) is 79.9 cm³/mol. The van der Waals surface area contributed by atoms with Crippen LogP contribution in [0.2, 0.25) is 0 Å². The Kier molecular flexibility index (Phi) is 5.65. The average molecular weight is 301 g/mol. The number of alkyl halides is 1. The van der Waals surface area contributed by atoms with Crippen molar-refractivity contribution in [2.24, 2.45) is 11.3 Å². The van der Waals surface area contributed by atoms with E-state index in [1.165, 1.54) is 0 Å². The minimum atomic E-state index is -0.143. The van der Waals surface area contributed by atoms with Gasteiger partial charge in [-0.25, -0.2) is 0 Å². The zero-order valence-electron chi connectivity index (χ0n) is 12.3. The second-order valence-corrected chi connectivity index (χ2v) is 6.43. The SMILES string of the molecule is C=C(CCl)[C@@]1(CCC2OCCCO2)CC[C@@H](C)C(=O)C1. The van der Waals surface area contributed by atoms with Gasteiger partial charge in [0.05, 0.1) is 13.2 Å². The topological polar surface area (TPSA) is 35.5 Å². The molecule has 2 rings (SSSR count). The molecule has 1 saturated carbocycles. The number of Topliss-reactive ketones (excluding diaryl/α,β-unsaturated/α-hetero) is 1. The second-order valence-electron chi connectivity index (χ2n) is 6.16. The normalized spacial score (nSPS) is 32.3. The largest absolute Gasteiger partial charge is 0.353 e. The summed E-state index contributed by atoms with van der Waals surface area (Å²) in [5.74, 6) is 0.940. The van der Waals surface area contributed by atoms with Crippen LogP contribution in [-0.4, -0.2) is 31.2 Å². The molecule has 4 heteroatoms. The van der Waals surface area contributed by atoms with Crippen LogP contribution >= 0.6 is 11.6 Å². The molecule has 0 aromatic rings. The van der Waals surface area contributed by atoms with Crippen molar-refractivity contribution in [1.29, 1.82) is 0 Å². The maximum atomic E-state index is 12.1. The number of carbonyl (C=O) groups is 1. The average Bonchev–Trinajstić information content (AvgIpc) is 2.49. The molecule has 0 amide bonds. The summed E-state index contributed by atoms with van der Waals surface area (Å²) in [7, 11) is 0. The van der Waals surface area contributed by atoms with Gasteiger partial charge in [-0.2, -0.15) is 0 Å².